The van der Waals surface area contributed by atoms with Crippen molar-refractivity contribution in [1.82, 2.24) is 15.0 Å². The molecule has 0 radical (unpaired) electrons. The molecule has 0 saturated heterocycles. The van der Waals surface area contributed by atoms with E-state index in [0.29, 0.717) is 37.5 Å². The van der Waals surface area contributed by atoms with Gasteiger partial charge in [0.25, 0.3) is 5.91 Å². The van der Waals surface area contributed by atoms with Gasteiger partial charge in [0.2, 0.25) is 0 Å². The van der Waals surface area contributed by atoms with Gasteiger partial charge in [0.05, 0.1) is 21.4 Å². The highest BCUT2D eigenvalue weighted by Gasteiger charge is 2.13. The van der Waals surface area contributed by atoms with Crippen molar-refractivity contribution in [2.24, 2.45) is 0 Å². The average Bonchev–Trinajstić information content (AvgIpc) is 3.20. The van der Waals surface area contributed by atoms with Crippen LogP contribution in [0.4, 0.5) is 5.69 Å². The van der Waals surface area contributed by atoms with Gasteiger partial charge in [-0.2, -0.15) is 4.80 Å². The molecule has 1 aromatic heterocycles. The molecule has 1 amide bonds. The predicted molar refractivity (Wildman–Crippen MR) is 133 cm³/mol. The van der Waals surface area contributed by atoms with Crippen molar-refractivity contribution in [3.05, 3.63) is 75.2 Å². The van der Waals surface area contributed by atoms with E-state index in [1.165, 1.54) is 5.56 Å². The van der Waals surface area contributed by atoms with E-state index in [-0.39, 0.29) is 6.61 Å². The lowest BCUT2D eigenvalue weighted by Gasteiger charge is -2.10. The zero-order chi connectivity index (χ0) is 23.4. The number of benzene rings is 3. The van der Waals surface area contributed by atoms with Crippen LogP contribution in [-0.4, -0.2) is 27.5 Å². The summed E-state index contributed by atoms with van der Waals surface area (Å²) in [7, 11) is 0. The van der Waals surface area contributed by atoms with Crippen molar-refractivity contribution in [3.8, 4) is 11.4 Å². The number of anilines is 1. The van der Waals surface area contributed by atoms with Crippen molar-refractivity contribution in [2.75, 3.05) is 11.9 Å². The lowest BCUT2D eigenvalue weighted by Crippen LogP contribution is -2.20. The second-order valence-electron chi connectivity index (χ2n) is 7.49. The van der Waals surface area contributed by atoms with Crippen LogP contribution < -0.4 is 10.1 Å². The fourth-order valence-electron chi connectivity index (χ4n) is 3.25. The molecule has 4 aromatic rings. The number of carbonyl (C=O) groups excluding carboxylic acids is 1. The van der Waals surface area contributed by atoms with Crippen molar-refractivity contribution in [2.45, 2.75) is 26.2 Å². The van der Waals surface area contributed by atoms with E-state index in [1.807, 2.05) is 12.1 Å². The number of ether oxygens (including phenoxy) is 1. The van der Waals surface area contributed by atoms with Gasteiger partial charge in [-0.3, -0.25) is 4.79 Å². The van der Waals surface area contributed by atoms with E-state index >= 15 is 0 Å². The number of unbranched alkanes of at least 4 members (excludes halogenated alkanes) is 1. The minimum atomic E-state index is -0.391. The Kier molecular flexibility index (Phi) is 7.38. The van der Waals surface area contributed by atoms with Gasteiger partial charge < -0.3 is 10.1 Å². The largest absolute Gasteiger partial charge is 0.482 e. The lowest BCUT2D eigenvalue weighted by atomic mass is 10.1. The molecule has 0 atom stereocenters. The summed E-state index contributed by atoms with van der Waals surface area (Å²) < 4.78 is 5.47. The van der Waals surface area contributed by atoms with Crippen LogP contribution in [0.15, 0.2) is 54.6 Å². The van der Waals surface area contributed by atoms with Gasteiger partial charge in [-0.25, -0.2) is 0 Å². The first-order valence-electron chi connectivity index (χ1n) is 10.5. The number of hydrogen-bond acceptors (Lipinski definition) is 4. The van der Waals surface area contributed by atoms with Crippen LogP contribution in [-0.2, 0) is 11.2 Å². The number of rotatable bonds is 8. The molecule has 170 valence electrons. The molecule has 9 heteroatoms. The van der Waals surface area contributed by atoms with Gasteiger partial charge >= 0.3 is 0 Å². The zero-order valence-electron chi connectivity index (χ0n) is 17.8. The van der Waals surface area contributed by atoms with Gasteiger partial charge in [-0.05, 0) is 60.9 Å². The number of aryl methyl sites for hydroxylation is 1. The molecule has 0 spiro atoms. The molecule has 33 heavy (non-hydrogen) atoms. The number of nitrogens with one attached hydrogen (secondary N) is 1. The third kappa shape index (κ3) is 5.77. The SMILES string of the molecule is CCCCc1ccc(-n2nc3cc(Cl)c(NC(=O)COc4ccc(Cl)cc4Cl)cc3n2)cc1. The topological polar surface area (TPSA) is 69.0 Å². The van der Waals surface area contributed by atoms with E-state index in [0.717, 1.165) is 24.9 Å². The molecule has 0 saturated carbocycles. The van der Waals surface area contributed by atoms with E-state index < -0.39 is 5.91 Å². The summed E-state index contributed by atoms with van der Waals surface area (Å²) in [4.78, 5) is 13.9. The highest BCUT2D eigenvalue weighted by molar-refractivity contribution is 6.35. The molecule has 0 fully saturated rings. The van der Waals surface area contributed by atoms with E-state index in [2.05, 4.69) is 34.6 Å². The molecule has 1 N–H and O–H groups in total. The zero-order valence-corrected chi connectivity index (χ0v) is 20.1. The Bertz CT molecular complexity index is 1290. The number of halogens is 3. The maximum atomic E-state index is 12.4. The molecular formula is C24H21Cl3N4O2. The summed E-state index contributed by atoms with van der Waals surface area (Å²) >= 11 is 18.3. The first-order valence-corrected chi connectivity index (χ1v) is 11.6. The standard InChI is InChI=1S/C24H21Cl3N4O2/c1-2-3-4-15-5-8-17(9-6-15)31-29-21-12-18(26)20(13-22(21)30-31)28-24(32)14-33-23-10-7-16(25)11-19(23)27/h5-13H,2-4,14H2,1H3,(H,28,32). The monoisotopic (exact) mass is 502 g/mol. The van der Waals surface area contributed by atoms with Crippen molar-refractivity contribution < 1.29 is 9.53 Å². The smallest absolute Gasteiger partial charge is 0.262 e. The molecule has 0 bridgehead atoms. The second-order valence-corrected chi connectivity index (χ2v) is 8.74. The molecule has 1 heterocycles. The number of nitrogens with zero attached hydrogens (tertiary/aromatic N) is 3. The van der Waals surface area contributed by atoms with Crippen molar-refractivity contribution in [3.63, 3.8) is 0 Å². The Morgan fingerprint density at radius 1 is 0.970 bits per heavy atom. The van der Waals surface area contributed by atoms with Crippen molar-refractivity contribution >= 4 is 57.4 Å². The Morgan fingerprint density at radius 3 is 2.39 bits per heavy atom. The van der Waals surface area contributed by atoms with Crippen LogP contribution in [0.25, 0.3) is 16.7 Å². The molecule has 6 nitrogen and oxygen atoms in total. The number of amides is 1. The van der Waals surface area contributed by atoms with E-state index in [1.54, 1.807) is 35.1 Å². The third-order valence-electron chi connectivity index (χ3n) is 4.98. The molecule has 0 aliphatic carbocycles. The Balaban J connectivity index is 1.46. The summed E-state index contributed by atoms with van der Waals surface area (Å²) in [5, 5.41) is 12.9. The third-order valence-corrected chi connectivity index (χ3v) is 5.83. The number of aromatic nitrogens is 3. The van der Waals surface area contributed by atoms with Gasteiger partial charge in [-0.1, -0.05) is 60.3 Å². The number of fused-ring (bicyclic) bond motifs is 1. The fourth-order valence-corrected chi connectivity index (χ4v) is 3.92. The van der Waals surface area contributed by atoms with Crippen LogP contribution >= 0.6 is 34.8 Å². The van der Waals surface area contributed by atoms with E-state index in [9.17, 15) is 4.79 Å². The summed E-state index contributed by atoms with van der Waals surface area (Å²) in [6.45, 7) is 1.93. The molecule has 0 aliphatic heterocycles. The quantitative estimate of drug-likeness (QED) is 0.289. The normalized spacial score (nSPS) is 11.0. The van der Waals surface area contributed by atoms with Crippen LogP contribution in [0.1, 0.15) is 25.3 Å². The first-order chi connectivity index (χ1) is 15.9. The highest BCUT2D eigenvalue weighted by Crippen LogP contribution is 2.29. The molecule has 0 aliphatic rings. The Labute approximate surface area is 206 Å². The molecule has 3 aromatic carbocycles. The highest BCUT2D eigenvalue weighted by atomic mass is 35.5. The lowest BCUT2D eigenvalue weighted by molar-refractivity contribution is -0.118. The summed E-state index contributed by atoms with van der Waals surface area (Å²) in [6.07, 6.45) is 3.38. The molecule has 0 unspecified atom stereocenters. The van der Waals surface area contributed by atoms with Gasteiger partial charge in [0.1, 0.15) is 16.8 Å². The molecule has 4 rings (SSSR count). The minimum Gasteiger partial charge on any atom is -0.482 e. The fraction of sp³-hybridized carbons (Fsp3) is 0.208. The van der Waals surface area contributed by atoms with Crippen LogP contribution in [0.3, 0.4) is 0 Å². The summed E-state index contributed by atoms with van der Waals surface area (Å²) in [5.74, 6) is -0.0289. The maximum absolute atomic E-state index is 12.4. The molecular weight excluding hydrogens is 483 g/mol. The van der Waals surface area contributed by atoms with Gasteiger partial charge in [-0.15, -0.1) is 10.2 Å². The second kappa shape index (κ2) is 10.4. The van der Waals surface area contributed by atoms with Crippen molar-refractivity contribution in [1.29, 1.82) is 0 Å². The summed E-state index contributed by atoms with van der Waals surface area (Å²) in [6, 6.07) is 16.3. The van der Waals surface area contributed by atoms with Crippen LogP contribution in [0.5, 0.6) is 5.75 Å². The predicted octanol–water partition coefficient (Wildman–Crippen LogP) is 6.74. The van der Waals surface area contributed by atoms with Crippen LogP contribution in [0, 0.1) is 0 Å². The van der Waals surface area contributed by atoms with E-state index in [4.69, 9.17) is 39.5 Å². The average molecular weight is 504 g/mol. The Hall–Kier alpha value is -2.80. The maximum Gasteiger partial charge on any atom is 0.262 e. The first kappa shape index (κ1) is 23.4. The van der Waals surface area contributed by atoms with Crippen LogP contribution in [0.2, 0.25) is 15.1 Å². The Morgan fingerprint density at radius 2 is 1.70 bits per heavy atom. The van der Waals surface area contributed by atoms with Gasteiger partial charge in [0.15, 0.2) is 6.61 Å². The summed E-state index contributed by atoms with van der Waals surface area (Å²) in [5.41, 5.74) is 3.78. The number of carbonyl (C=O) groups is 1. The van der Waals surface area contributed by atoms with Gasteiger partial charge in [0, 0.05) is 5.02 Å². The minimum absolute atomic E-state index is 0.243. The number of hydrogen-bond donors (Lipinski definition) is 1.